The molecule has 0 saturated heterocycles. The van der Waals surface area contributed by atoms with E-state index in [2.05, 4.69) is 22.7 Å². The third kappa shape index (κ3) is 5.40. The topological polar surface area (TPSA) is 96.9 Å². The zero-order chi connectivity index (χ0) is 16.7. The molecular formula is C16H15N3O3S. The molecule has 0 radical (unpaired) electrons. The molecule has 0 aliphatic rings. The maximum atomic E-state index is 10.9. The van der Waals surface area contributed by atoms with Crippen molar-refractivity contribution in [3.63, 3.8) is 0 Å². The van der Waals surface area contributed by atoms with E-state index < -0.39 is 5.97 Å². The lowest BCUT2D eigenvalue weighted by Gasteiger charge is -2.07. The van der Waals surface area contributed by atoms with E-state index in [1.165, 1.54) is 0 Å². The Morgan fingerprint density at radius 3 is 2.70 bits per heavy atom. The average Bonchev–Trinajstić information content (AvgIpc) is 2.54. The molecule has 0 aromatic heterocycles. The molecule has 23 heavy (non-hydrogen) atoms. The minimum atomic E-state index is -0.957. The highest BCUT2D eigenvalue weighted by Gasteiger charge is 2.03. The lowest BCUT2D eigenvalue weighted by molar-refractivity contribution is 0.0696. The Morgan fingerprint density at radius 2 is 2.04 bits per heavy atom. The van der Waals surface area contributed by atoms with Gasteiger partial charge >= 0.3 is 5.97 Å². The van der Waals surface area contributed by atoms with Gasteiger partial charge in [-0.3, -0.25) is 5.43 Å². The Hall–Kier alpha value is -2.93. The summed E-state index contributed by atoms with van der Waals surface area (Å²) in [6.07, 6.45) is 1.58. The van der Waals surface area contributed by atoms with Crippen molar-refractivity contribution in [3.8, 4) is 5.75 Å². The van der Waals surface area contributed by atoms with Crippen molar-refractivity contribution in [3.05, 3.63) is 65.2 Å². The first-order valence-electron chi connectivity index (χ1n) is 6.68. The van der Waals surface area contributed by atoms with Gasteiger partial charge in [-0.05, 0) is 59.7 Å². The number of rotatable bonds is 6. The van der Waals surface area contributed by atoms with Gasteiger partial charge in [0.1, 0.15) is 12.4 Å². The summed E-state index contributed by atoms with van der Waals surface area (Å²) in [4.78, 5) is 10.9. The highest BCUT2D eigenvalue weighted by molar-refractivity contribution is 7.80. The fourth-order valence-corrected chi connectivity index (χ4v) is 1.83. The summed E-state index contributed by atoms with van der Waals surface area (Å²) < 4.78 is 5.63. The van der Waals surface area contributed by atoms with Gasteiger partial charge in [-0.2, -0.15) is 5.10 Å². The van der Waals surface area contributed by atoms with Crippen LogP contribution in [0.25, 0.3) is 0 Å². The second-order valence-electron chi connectivity index (χ2n) is 4.60. The average molecular weight is 329 g/mol. The van der Waals surface area contributed by atoms with Gasteiger partial charge in [-0.1, -0.05) is 12.1 Å². The predicted molar refractivity (Wildman–Crippen MR) is 91.7 cm³/mol. The zero-order valence-electron chi connectivity index (χ0n) is 12.1. The van der Waals surface area contributed by atoms with Gasteiger partial charge in [0.05, 0.1) is 11.8 Å². The Morgan fingerprint density at radius 1 is 1.30 bits per heavy atom. The molecule has 2 aromatic carbocycles. The van der Waals surface area contributed by atoms with E-state index in [1.54, 1.807) is 36.5 Å². The van der Waals surface area contributed by atoms with Crippen LogP contribution in [-0.2, 0) is 6.61 Å². The number of ether oxygens (including phenoxy) is 1. The summed E-state index contributed by atoms with van der Waals surface area (Å²) in [5.74, 6) is -0.286. The molecule has 7 heteroatoms. The van der Waals surface area contributed by atoms with Crippen molar-refractivity contribution in [1.82, 2.24) is 5.43 Å². The molecule has 118 valence electrons. The van der Waals surface area contributed by atoms with Crippen molar-refractivity contribution >= 4 is 29.5 Å². The number of aromatic carboxylic acids is 1. The molecule has 2 aromatic rings. The largest absolute Gasteiger partial charge is 0.489 e. The lowest BCUT2D eigenvalue weighted by Crippen LogP contribution is -2.23. The molecule has 0 atom stereocenters. The number of nitrogens with one attached hydrogen (secondary N) is 1. The van der Waals surface area contributed by atoms with E-state index in [-0.39, 0.29) is 17.3 Å². The minimum absolute atomic E-state index is 0.102. The van der Waals surface area contributed by atoms with Gasteiger partial charge in [0, 0.05) is 0 Å². The van der Waals surface area contributed by atoms with Gasteiger partial charge in [-0.25, -0.2) is 4.79 Å². The fraction of sp³-hybridized carbons (Fsp3) is 0.0625. The van der Waals surface area contributed by atoms with Crippen LogP contribution in [0.5, 0.6) is 5.75 Å². The molecule has 6 nitrogen and oxygen atoms in total. The summed E-state index contributed by atoms with van der Waals surface area (Å²) >= 11 is 4.63. The molecule has 2 rings (SSSR count). The highest BCUT2D eigenvalue weighted by atomic mass is 32.1. The number of hydrogen-bond acceptors (Lipinski definition) is 4. The SMILES string of the molecule is NC(=S)NN=Cc1ccc(OCc2cccc(C(=O)O)c2)cc1. The number of nitrogens with two attached hydrogens (primary N) is 1. The van der Waals surface area contributed by atoms with E-state index >= 15 is 0 Å². The summed E-state index contributed by atoms with van der Waals surface area (Å²) in [6.45, 7) is 0.289. The third-order valence-corrected chi connectivity index (χ3v) is 2.94. The minimum Gasteiger partial charge on any atom is -0.489 e. The van der Waals surface area contributed by atoms with E-state index in [0.717, 1.165) is 11.1 Å². The van der Waals surface area contributed by atoms with Crippen LogP contribution in [0.1, 0.15) is 21.5 Å². The fourth-order valence-electron chi connectivity index (χ4n) is 1.78. The number of carboxylic acid groups (broad SMARTS) is 1. The molecule has 0 aliphatic heterocycles. The van der Waals surface area contributed by atoms with Gasteiger partial charge in [0.2, 0.25) is 0 Å². The number of hydrogen-bond donors (Lipinski definition) is 3. The normalized spacial score (nSPS) is 10.4. The Balaban J connectivity index is 1.93. The number of benzene rings is 2. The molecule has 0 unspecified atom stereocenters. The van der Waals surface area contributed by atoms with Crippen LogP contribution >= 0.6 is 12.2 Å². The Labute approximate surface area is 138 Å². The second-order valence-corrected chi connectivity index (χ2v) is 5.04. The van der Waals surface area contributed by atoms with Gasteiger partial charge in [0.25, 0.3) is 0 Å². The van der Waals surface area contributed by atoms with E-state index in [0.29, 0.717) is 5.75 Å². The molecule has 0 bridgehead atoms. The lowest BCUT2D eigenvalue weighted by atomic mass is 10.1. The van der Waals surface area contributed by atoms with Crippen molar-refractivity contribution in [1.29, 1.82) is 0 Å². The molecule has 0 amide bonds. The molecule has 0 fully saturated rings. The second kappa shape index (κ2) is 7.90. The van der Waals surface area contributed by atoms with E-state index in [1.807, 2.05) is 18.2 Å². The van der Waals surface area contributed by atoms with Crippen molar-refractivity contribution in [2.24, 2.45) is 10.8 Å². The van der Waals surface area contributed by atoms with Crippen molar-refractivity contribution < 1.29 is 14.6 Å². The Kier molecular flexibility index (Phi) is 5.65. The smallest absolute Gasteiger partial charge is 0.335 e. The van der Waals surface area contributed by atoms with Crippen LogP contribution in [0.15, 0.2) is 53.6 Å². The summed E-state index contributed by atoms with van der Waals surface area (Å²) in [6, 6.07) is 13.9. The van der Waals surface area contributed by atoms with Crippen LogP contribution in [0.3, 0.4) is 0 Å². The molecule has 0 heterocycles. The molecule has 4 N–H and O–H groups in total. The highest BCUT2D eigenvalue weighted by Crippen LogP contribution is 2.14. The summed E-state index contributed by atoms with van der Waals surface area (Å²) in [5, 5.41) is 12.9. The number of nitrogens with zero attached hydrogens (tertiary/aromatic N) is 1. The quantitative estimate of drug-likeness (QED) is 0.427. The molecule has 0 saturated carbocycles. The van der Waals surface area contributed by atoms with Gasteiger partial charge < -0.3 is 15.6 Å². The Bertz CT molecular complexity index is 730. The first kappa shape index (κ1) is 16.4. The number of carboxylic acids is 1. The van der Waals surface area contributed by atoms with Gasteiger partial charge in [-0.15, -0.1) is 0 Å². The summed E-state index contributed by atoms with van der Waals surface area (Å²) in [7, 11) is 0. The first-order valence-corrected chi connectivity index (χ1v) is 7.09. The van der Waals surface area contributed by atoms with Gasteiger partial charge in [0.15, 0.2) is 5.11 Å². The number of hydrazone groups is 1. The first-order chi connectivity index (χ1) is 11.0. The predicted octanol–water partition coefficient (Wildman–Crippen LogP) is 2.13. The van der Waals surface area contributed by atoms with Crippen LogP contribution < -0.4 is 15.9 Å². The van der Waals surface area contributed by atoms with E-state index in [9.17, 15) is 4.79 Å². The maximum Gasteiger partial charge on any atom is 0.335 e. The van der Waals surface area contributed by atoms with Crippen LogP contribution in [0.2, 0.25) is 0 Å². The molecular weight excluding hydrogens is 314 g/mol. The van der Waals surface area contributed by atoms with Crippen LogP contribution in [0, 0.1) is 0 Å². The number of thiocarbonyl (C=S) groups is 1. The van der Waals surface area contributed by atoms with E-state index in [4.69, 9.17) is 15.6 Å². The monoisotopic (exact) mass is 329 g/mol. The van der Waals surface area contributed by atoms with Crippen LogP contribution in [-0.4, -0.2) is 22.4 Å². The zero-order valence-corrected chi connectivity index (χ0v) is 12.9. The van der Waals surface area contributed by atoms with Crippen molar-refractivity contribution in [2.45, 2.75) is 6.61 Å². The van der Waals surface area contributed by atoms with Crippen molar-refractivity contribution in [2.75, 3.05) is 0 Å². The standard InChI is InChI=1S/C16H15N3O3S/c17-16(23)19-18-9-11-4-6-14(7-5-11)22-10-12-2-1-3-13(8-12)15(20)21/h1-9H,10H2,(H,20,21)(H3,17,19,23). The molecule has 0 spiro atoms. The maximum absolute atomic E-state index is 10.9. The summed E-state index contributed by atoms with van der Waals surface area (Å²) in [5.41, 5.74) is 9.61. The third-order valence-electron chi connectivity index (χ3n) is 2.85. The van der Waals surface area contributed by atoms with Crippen LogP contribution in [0.4, 0.5) is 0 Å². The number of carbonyl (C=O) groups is 1. The molecule has 0 aliphatic carbocycles.